The molecule has 4 rings (SSSR count). The number of alkyl carbamates (subject to hydrolysis) is 1. The summed E-state index contributed by atoms with van der Waals surface area (Å²) in [6.45, 7) is 10.9. The number of hydrogen-bond acceptors (Lipinski definition) is 11. The van der Waals surface area contributed by atoms with Gasteiger partial charge in [0.25, 0.3) is 5.91 Å². The van der Waals surface area contributed by atoms with Crippen molar-refractivity contribution in [1.82, 2.24) is 30.7 Å². The predicted molar refractivity (Wildman–Crippen MR) is 239 cm³/mol. The number of nitrogen functional groups attached to an aromatic ring is 1. The lowest BCUT2D eigenvalue weighted by Gasteiger charge is -2.40. The minimum absolute atomic E-state index is 0.123. The number of hydrogen-bond donors (Lipinski definition) is 4. The second-order valence-corrected chi connectivity index (χ2v) is 17.6. The van der Waals surface area contributed by atoms with Gasteiger partial charge in [-0.15, -0.1) is 11.3 Å². The zero-order chi connectivity index (χ0) is 44.6. The molecule has 0 spiro atoms. The second kappa shape index (κ2) is 23.8. The van der Waals surface area contributed by atoms with Crippen LogP contribution in [0.5, 0.6) is 0 Å². The molecular formula is C46H67N7O7S. The molecular weight excluding hydrogens is 795 g/mol. The van der Waals surface area contributed by atoms with Crippen molar-refractivity contribution in [2.24, 2.45) is 17.8 Å². The first-order chi connectivity index (χ1) is 29.1. The number of thiazole rings is 1. The van der Waals surface area contributed by atoms with Gasteiger partial charge in [0.15, 0.2) is 6.10 Å². The van der Waals surface area contributed by atoms with Gasteiger partial charge in [0.1, 0.15) is 16.7 Å². The van der Waals surface area contributed by atoms with Gasteiger partial charge in [0.05, 0.1) is 19.1 Å². The molecule has 334 valence electrons. The van der Waals surface area contributed by atoms with Crippen LogP contribution in [0.2, 0.25) is 0 Å². The number of nitrogens with two attached hydrogens (primary N) is 1. The van der Waals surface area contributed by atoms with Crippen molar-refractivity contribution in [2.75, 3.05) is 40.0 Å². The highest BCUT2D eigenvalue weighted by atomic mass is 32.1. The highest BCUT2D eigenvalue weighted by Gasteiger charge is 2.39. The zero-order valence-electron chi connectivity index (χ0n) is 37.1. The SMILES string of the molecule is CC[C@H](C)[C@H](NC(=O)[C@H]1CCCCN1C)C(=O)N(CCc1ccc(N)cc1)[C@H](C[C@@H](OC(=O)NC)c1nc(C(=O)N[C@@H](Cc2ccccc2)CC(C)C(=O)OC)cs1)C(C)C. The number of likely N-dealkylation sites (N-methyl/N-ethyl adjacent to an activating group) is 1. The van der Waals surface area contributed by atoms with Crippen LogP contribution in [0.15, 0.2) is 60.0 Å². The lowest BCUT2D eigenvalue weighted by molar-refractivity contribution is -0.145. The monoisotopic (exact) mass is 861 g/mol. The molecule has 5 N–H and O–H groups in total. The van der Waals surface area contributed by atoms with Gasteiger partial charge in [-0.25, -0.2) is 9.78 Å². The fraction of sp³-hybridized carbons (Fsp3) is 0.565. The number of rotatable bonds is 21. The number of carbonyl (C=O) groups is 5. The number of likely N-dealkylation sites (tertiary alicyclic amines) is 1. The van der Waals surface area contributed by atoms with E-state index in [1.54, 1.807) is 12.3 Å². The van der Waals surface area contributed by atoms with Crippen molar-refractivity contribution in [3.05, 3.63) is 81.8 Å². The van der Waals surface area contributed by atoms with Crippen LogP contribution in [0.1, 0.15) is 106 Å². The van der Waals surface area contributed by atoms with Gasteiger partial charge in [-0.05, 0) is 80.8 Å². The van der Waals surface area contributed by atoms with E-state index in [4.69, 9.17) is 20.2 Å². The number of anilines is 1. The Bertz CT molecular complexity index is 1870. The van der Waals surface area contributed by atoms with Crippen LogP contribution in [-0.2, 0) is 36.7 Å². The van der Waals surface area contributed by atoms with Gasteiger partial charge in [0, 0.05) is 43.2 Å². The molecule has 61 heavy (non-hydrogen) atoms. The summed E-state index contributed by atoms with van der Waals surface area (Å²) < 4.78 is 11.0. The Morgan fingerprint density at radius 2 is 1.67 bits per heavy atom. The van der Waals surface area contributed by atoms with E-state index in [0.717, 1.165) is 36.9 Å². The third-order valence-corrected chi connectivity index (χ3v) is 12.7. The van der Waals surface area contributed by atoms with E-state index in [1.807, 2.05) is 94.2 Å². The zero-order valence-corrected chi connectivity index (χ0v) is 38.0. The Morgan fingerprint density at radius 3 is 2.30 bits per heavy atom. The smallest absolute Gasteiger partial charge is 0.407 e. The molecule has 1 fully saturated rings. The topological polar surface area (TPSA) is 185 Å². The normalized spacial score (nSPS) is 17.2. The Morgan fingerprint density at radius 1 is 0.967 bits per heavy atom. The molecule has 1 saturated heterocycles. The van der Waals surface area contributed by atoms with Crippen LogP contribution in [-0.4, -0.2) is 103 Å². The maximum Gasteiger partial charge on any atom is 0.407 e. The van der Waals surface area contributed by atoms with Crippen molar-refractivity contribution in [1.29, 1.82) is 0 Å². The van der Waals surface area contributed by atoms with E-state index < -0.39 is 42.1 Å². The lowest BCUT2D eigenvalue weighted by Crippen LogP contribution is -2.59. The molecule has 0 bridgehead atoms. The van der Waals surface area contributed by atoms with Gasteiger partial charge >= 0.3 is 12.1 Å². The number of nitrogens with one attached hydrogen (secondary N) is 3. The lowest BCUT2D eigenvalue weighted by atomic mass is 9.91. The highest BCUT2D eigenvalue weighted by Crippen LogP contribution is 2.32. The van der Waals surface area contributed by atoms with Crippen LogP contribution in [0.4, 0.5) is 10.5 Å². The first-order valence-electron chi connectivity index (χ1n) is 21.6. The van der Waals surface area contributed by atoms with Gasteiger partial charge in [-0.1, -0.05) is 89.9 Å². The van der Waals surface area contributed by atoms with E-state index in [1.165, 1.54) is 25.5 Å². The number of benzene rings is 2. The number of nitrogens with zero attached hydrogens (tertiary/aromatic N) is 3. The predicted octanol–water partition coefficient (Wildman–Crippen LogP) is 6.16. The quantitative estimate of drug-likeness (QED) is 0.0714. The van der Waals surface area contributed by atoms with Gasteiger partial charge in [0.2, 0.25) is 11.8 Å². The molecule has 2 aromatic carbocycles. The molecule has 14 nitrogen and oxygen atoms in total. The third-order valence-electron chi connectivity index (χ3n) is 11.8. The molecule has 0 radical (unpaired) electrons. The van der Waals surface area contributed by atoms with Crippen molar-refractivity contribution in [3.8, 4) is 0 Å². The summed E-state index contributed by atoms with van der Waals surface area (Å²) in [5, 5.41) is 10.8. The van der Waals surface area contributed by atoms with Crippen LogP contribution in [0.25, 0.3) is 0 Å². The van der Waals surface area contributed by atoms with E-state index >= 15 is 4.79 Å². The highest BCUT2D eigenvalue weighted by molar-refractivity contribution is 7.09. The summed E-state index contributed by atoms with van der Waals surface area (Å²) in [7, 11) is 4.76. The number of methoxy groups -OCH3 is 1. The maximum atomic E-state index is 15.1. The minimum Gasteiger partial charge on any atom is -0.469 e. The van der Waals surface area contributed by atoms with Crippen molar-refractivity contribution in [2.45, 2.75) is 116 Å². The Kier molecular flexibility index (Phi) is 19.0. The summed E-state index contributed by atoms with van der Waals surface area (Å²) in [5.74, 6) is -1.92. The summed E-state index contributed by atoms with van der Waals surface area (Å²) in [6, 6.07) is 15.2. The fourth-order valence-electron chi connectivity index (χ4n) is 7.87. The largest absolute Gasteiger partial charge is 0.469 e. The standard InChI is InChI=1S/C46H67N7O7S/c1-9-30(4)40(51-42(55)37-17-13-14-23-52(37)7)44(56)53(24-22-32-18-20-34(47)21-19-32)38(29(2)3)27-39(60-46(58)48-6)43-50-36(28-61-43)41(54)49-35(25-31(5)45(57)59-8)26-33-15-11-10-12-16-33/h10-12,15-16,18-21,28-31,35,37-40H,9,13-14,17,22-27,47H2,1-8H3,(H,48,58)(H,49,54)(H,51,55)/t30-,31?,35+,37+,38+,39+,40-/m0/s1. The van der Waals surface area contributed by atoms with Gasteiger partial charge in [-0.3, -0.25) is 24.1 Å². The molecule has 4 amide bonds. The molecule has 15 heteroatoms. The number of aromatic nitrogens is 1. The number of esters is 1. The summed E-state index contributed by atoms with van der Waals surface area (Å²) in [4.78, 5) is 76.7. The van der Waals surface area contributed by atoms with Crippen LogP contribution in [0.3, 0.4) is 0 Å². The summed E-state index contributed by atoms with van der Waals surface area (Å²) in [6.07, 6.45) is 3.27. The van der Waals surface area contributed by atoms with E-state index in [-0.39, 0.29) is 47.8 Å². The van der Waals surface area contributed by atoms with Gasteiger partial charge < -0.3 is 36.1 Å². The molecule has 1 unspecified atom stereocenters. The van der Waals surface area contributed by atoms with Crippen LogP contribution >= 0.6 is 11.3 Å². The molecule has 1 aliphatic rings. The maximum absolute atomic E-state index is 15.1. The van der Waals surface area contributed by atoms with Crippen molar-refractivity contribution >= 4 is 46.8 Å². The average Bonchev–Trinajstić information content (AvgIpc) is 3.75. The number of ether oxygens (including phenoxy) is 2. The molecule has 1 aromatic heterocycles. The van der Waals surface area contributed by atoms with Gasteiger partial charge in [-0.2, -0.15) is 0 Å². The van der Waals surface area contributed by atoms with Crippen LogP contribution in [0, 0.1) is 17.8 Å². The van der Waals surface area contributed by atoms with Crippen molar-refractivity contribution in [3.63, 3.8) is 0 Å². The minimum atomic E-state index is -0.933. The van der Waals surface area contributed by atoms with E-state index in [0.29, 0.717) is 42.9 Å². The van der Waals surface area contributed by atoms with Crippen molar-refractivity contribution < 1.29 is 33.4 Å². The molecule has 2 heterocycles. The van der Waals surface area contributed by atoms with E-state index in [9.17, 15) is 19.2 Å². The molecule has 3 aromatic rings. The fourth-order valence-corrected chi connectivity index (χ4v) is 8.71. The Labute approximate surface area is 365 Å². The second-order valence-electron chi connectivity index (χ2n) is 16.7. The first kappa shape index (κ1) is 48.6. The number of amides is 4. The van der Waals surface area contributed by atoms with E-state index in [2.05, 4.69) is 20.9 Å². The van der Waals surface area contributed by atoms with Crippen LogP contribution < -0.4 is 21.7 Å². The number of carbonyl (C=O) groups excluding carboxylic acids is 5. The first-order valence-corrected chi connectivity index (χ1v) is 22.4. The summed E-state index contributed by atoms with van der Waals surface area (Å²) in [5.41, 5.74) is 8.75. The average molecular weight is 862 g/mol. The molecule has 0 aliphatic carbocycles. The molecule has 0 saturated carbocycles. The molecule has 7 atom stereocenters. The Balaban J connectivity index is 1.66. The third kappa shape index (κ3) is 14.3. The summed E-state index contributed by atoms with van der Waals surface area (Å²) >= 11 is 1.19. The number of piperidine rings is 1. The molecule has 1 aliphatic heterocycles. The Hall–Kier alpha value is -5.02.